The van der Waals surface area contributed by atoms with Crippen molar-refractivity contribution in [3.05, 3.63) is 89.2 Å². The fourth-order valence-corrected chi connectivity index (χ4v) is 3.67. The molecule has 0 radical (unpaired) electrons. The van der Waals surface area contributed by atoms with Crippen molar-refractivity contribution in [2.75, 3.05) is 12.9 Å². The zero-order valence-electron chi connectivity index (χ0n) is 15.3. The average molecular weight is 379 g/mol. The van der Waals surface area contributed by atoms with E-state index in [1.165, 1.54) is 7.11 Å². The van der Waals surface area contributed by atoms with E-state index in [9.17, 15) is 9.59 Å². The number of benzene rings is 2. The third-order valence-corrected chi connectivity index (χ3v) is 5.21. The highest BCUT2D eigenvalue weighted by Gasteiger charge is 2.13. The third kappa shape index (κ3) is 4.68. The number of ketones is 1. The van der Waals surface area contributed by atoms with Crippen molar-refractivity contribution in [2.24, 2.45) is 0 Å². The molecule has 0 bridgehead atoms. The molecule has 0 saturated carbocycles. The molecule has 0 atom stereocenters. The molecule has 0 aliphatic heterocycles. The lowest BCUT2D eigenvalue weighted by Gasteiger charge is -2.09. The van der Waals surface area contributed by atoms with E-state index < -0.39 is 0 Å². The summed E-state index contributed by atoms with van der Waals surface area (Å²) in [4.78, 5) is 25.4. The van der Waals surface area contributed by atoms with Gasteiger partial charge < -0.3 is 9.30 Å². The Morgan fingerprint density at radius 3 is 2.52 bits per heavy atom. The Balaban J connectivity index is 1.65. The van der Waals surface area contributed by atoms with Crippen LogP contribution in [0, 0.1) is 6.92 Å². The summed E-state index contributed by atoms with van der Waals surface area (Å²) < 4.78 is 6.73. The summed E-state index contributed by atoms with van der Waals surface area (Å²) >= 11 is 1.64. The fraction of sp³-hybridized carbons (Fsp3) is 0.182. The van der Waals surface area contributed by atoms with Gasteiger partial charge in [-0.3, -0.25) is 4.79 Å². The van der Waals surface area contributed by atoms with Crippen molar-refractivity contribution in [1.29, 1.82) is 0 Å². The van der Waals surface area contributed by atoms with Crippen molar-refractivity contribution in [1.82, 2.24) is 4.57 Å². The highest BCUT2D eigenvalue weighted by molar-refractivity contribution is 7.99. The molecule has 3 rings (SSSR count). The molecule has 0 amide bonds. The number of hydrogen-bond acceptors (Lipinski definition) is 4. The largest absolute Gasteiger partial charge is 0.465 e. The first-order valence-corrected chi connectivity index (χ1v) is 9.65. The molecular weight excluding hydrogens is 358 g/mol. The summed E-state index contributed by atoms with van der Waals surface area (Å²) in [7, 11) is 1.38. The number of hydrogen-bond donors (Lipinski definition) is 0. The van der Waals surface area contributed by atoms with E-state index in [0.717, 1.165) is 16.2 Å². The van der Waals surface area contributed by atoms with Crippen molar-refractivity contribution >= 4 is 23.5 Å². The Labute approximate surface area is 163 Å². The SMILES string of the molecule is COC(=O)c1cccc(SCCn2cccc2C(=O)c2ccc(C)cc2)c1. The Bertz CT molecular complexity index is 944. The van der Waals surface area contributed by atoms with Crippen molar-refractivity contribution in [3.63, 3.8) is 0 Å². The number of carbonyl (C=O) groups excluding carboxylic acids is 2. The number of rotatable bonds is 7. The Hall–Kier alpha value is -2.79. The van der Waals surface area contributed by atoms with Gasteiger partial charge in [-0.15, -0.1) is 11.8 Å². The van der Waals surface area contributed by atoms with E-state index in [2.05, 4.69) is 0 Å². The molecule has 0 saturated heterocycles. The fourth-order valence-electron chi connectivity index (χ4n) is 2.76. The average Bonchev–Trinajstić information content (AvgIpc) is 3.16. The van der Waals surface area contributed by atoms with Gasteiger partial charge in [0.15, 0.2) is 0 Å². The van der Waals surface area contributed by atoms with Crippen molar-refractivity contribution in [3.8, 4) is 0 Å². The lowest BCUT2D eigenvalue weighted by Crippen LogP contribution is -2.11. The minimum atomic E-state index is -0.339. The van der Waals surface area contributed by atoms with Crippen LogP contribution in [0.2, 0.25) is 0 Å². The van der Waals surface area contributed by atoms with Gasteiger partial charge in [0.25, 0.3) is 0 Å². The van der Waals surface area contributed by atoms with Gasteiger partial charge in [-0.2, -0.15) is 0 Å². The van der Waals surface area contributed by atoms with E-state index in [1.807, 2.05) is 72.3 Å². The van der Waals surface area contributed by atoms with Gasteiger partial charge in [0.1, 0.15) is 0 Å². The minimum absolute atomic E-state index is 0.0256. The molecule has 0 aliphatic rings. The van der Waals surface area contributed by atoms with Gasteiger partial charge in [-0.1, -0.05) is 35.9 Å². The number of ether oxygens (including phenoxy) is 1. The second kappa shape index (κ2) is 8.73. The lowest BCUT2D eigenvalue weighted by atomic mass is 10.1. The number of aromatic nitrogens is 1. The number of methoxy groups -OCH3 is 1. The second-order valence-electron chi connectivity index (χ2n) is 6.15. The predicted molar refractivity (Wildman–Crippen MR) is 108 cm³/mol. The van der Waals surface area contributed by atoms with Crippen LogP contribution >= 0.6 is 11.8 Å². The molecule has 1 heterocycles. The van der Waals surface area contributed by atoms with Crippen LogP contribution < -0.4 is 0 Å². The van der Waals surface area contributed by atoms with Crippen LogP contribution in [0.5, 0.6) is 0 Å². The molecule has 0 spiro atoms. The van der Waals surface area contributed by atoms with E-state index in [-0.39, 0.29) is 11.8 Å². The molecule has 4 nitrogen and oxygen atoms in total. The number of thioether (sulfide) groups is 1. The first-order valence-electron chi connectivity index (χ1n) is 8.66. The van der Waals surface area contributed by atoms with Gasteiger partial charge in [0.2, 0.25) is 5.78 Å². The zero-order chi connectivity index (χ0) is 19.2. The summed E-state index contributed by atoms with van der Waals surface area (Å²) in [6, 6.07) is 18.7. The minimum Gasteiger partial charge on any atom is -0.465 e. The molecule has 2 aromatic carbocycles. The molecule has 1 aromatic heterocycles. The molecule has 0 N–H and O–H groups in total. The maximum Gasteiger partial charge on any atom is 0.337 e. The summed E-state index contributed by atoms with van der Waals surface area (Å²) in [5.74, 6) is 0.472. The normalized spacial score (nSPS) is 10.6. The standard InChI is InChI=1S/C22H21NO3S/c1-16-8-10-17(11-9-16)21(24)20-7-4-12-23(20)13-14-27-19-6-3-5-18(15-19)22(25)26-2/h3-12,15H,13-14H2,1-2H3. The Kier molecular flexibility index (Phi) is 6.14. The molecule has 0 fully saturated rings. The maximum absolute atomic E-state index is 12.7. The number of nitrogens with zero attached hydrogens (tertiary/aromatic N) is 1. The predicted octanol–water partition coefficient (Wildman–Crippen LogP) is 4.61. The quantitative estimate of drug-likeness (QED) is 0.342. The first kappa shape index (κ1) is 19.0. The van der Waals surface area contributed by atoms with Gasteiger partial charge in [-0.05, 0) is 37.3 Å². The van der Waals surface area contributed by atoms with Crippen LogP contribution in [0.3, 0.4) is 0 Å². The van der Waals surface area contributed by atoms with Crippen LogP contribution in [0.4, 0.5) is 0 Å². The first-order chi connectivity index (χ1) is 13.1. The lowest BCUT2D eigenvalue weighted by molar-refractivity contribution is 0.0600. The topological polar surface area (TPSA) is 48.3 Å². The number of carbonyl (C=O) groups is 2. The summed E-state index contributed by atoms with van der Waals surface area (Å²) in [5, 5.41) is 0. The van der Waals surface area contributed by atoms with Gasteiger partial charge in [0.05, 0.1) is 18.4 Å². The van der Waals surface area contributed by atoms with Crippen molar-refractivity contribution in [2.45, 2.75) is 18.4 Å². The molecule has 0 unspecified atom stereocenters. The van der Waals surface area contributed by atoms with E-state index in [0.29, 0.717) is 23.4 Å². The smallest absolute Gasteiger partial charge is 0.337 e. The summed E-state index contributed by atoms with van der Waals surface area (Å²) in [6.45, 7) is 2.70. The molecule has 0 aliphatic carbocycles. The maximum atomic E-state index is 12.7. The van der Waals surface area contributed by atoms with Gasteiger partial charge in [-0.25, -0.2) is 4.79 Å². The monoisotopic (exact) mass is 379 g/mol. The van der Waals surface area contributed by atoms with Crippen molar-refractivity contribution < 1.29 is 14.3 Å². The van der Waals surface area contributed by atoms with Crippen LogP contribution in [0.15, 0.2) is 71.8 Å². The van der Waals surface area contributed by atoms with E-state index in [4.69, 9.17) is 4.74 Å². The summed E-state index contributed by atoms with van der Waals surface area (Å²) in [6.07, 6.45) is 1.92. The van der Waals surface area contributed by atoms with Crippen LogP contribution in [0.1, 0.15) is 32.0 Å². The van der Waals surface area contributed by atoms with Gasteiger partial charge >= 0.3 is 5.97 Å². The number of aryl methyl sites for hydroxylation is 2. The molecular formula is C22H21NO3S. The van der Waals surface area contributed by atoms with Crippen LogP contribution in [0.25, 0.3) is 0 Å². The zero-order valence-corrected chi connectivity index (χ0v) is 16.2. The molecule has 27 heavy (non-hydrogen) atoms. The van der Waals surface area contributed by atoms with Crippen LogP contribution in [-0.2, 0) is 11.3 Å². The summed E-state index contributed by atoms with van der Waals surface area (Å²) in [5.41, 5.74) is 3.05. The molecule has 138 valence electrons. The highest BCUT2D eigenvalue weighted by atomic mass is 32.2. The third-order valence-electron chi connectivity index (χ3n) is 4.23. The highest BCUT2D eigenvalue weighted by Crippen LogP contribution is 2.21. The van der Waals surface area contributed by atoms with E-state index in [1.54, 1.807) is 17.8 Å². The van der Waals surface area contributed by atoms with Gasteiger partial charge in [0, 0.05) is 29.0 Å². The Morgan fingerprint density at radius 1 is 1.00 bits per heavy atom. The second-order valence-corrected chi connectivity index (χ2v) is 7.32. The van der Waals surface area contributed by atoms with Crippen LogP contribution in [-0.4, -0.2) is 29.2 Å². The Morgan fingerprint density at radius 2 is 1.78 bits per heavy atom. The molecule has 5 heteroatoms. The van der Waals surface area contributed by atoms with E-state index >= 15 is 0 Å². The molecule has 3 aromatic rings. The number of esters is 1.